The number of Topliss-reactive ketones (excluding diaryl/α,β-unsaturated/α-hetero) is 1. The van der Waals surface area contributed by atoms with Crippen molar-refractivity contribution >= 4 is 11.8 Å². The maximum Gasteiger partial charge on any atom is 0.336 e. The summed E-state index contributed by atoms with van der Waals surface area (Å²) in [5.74, 6) is -0.673. The van der Waals surface area contributed by atoms with Crippen molar-refractivity contribution in [2.75, 3.05) is 6.61 Å². The van der Waals surface area contributed by atoms with Gasteiger partial charge in [0.15, 0.2) is 5.78 Å². The van der Waals surface area contributed by atoms with Crippen molar-refractivity contribution in [3.8, 4) is 5.75 Å². The van der Waals surface area contributed by atoms with Crippen LogP contribution in [0.2, 0.25) is 0 Å². The highest BCUT2D eigenvalue weighted by atomic mass is 16.5. The van der Waals surface area contributed by atoms with Gasteiger partial charge in [-0.25, -0.2) is 4.79 Å². The SMILES string of the molecule is CCCOC(=O)C1=C(C)NC2=C(C(=O)CC(C)(C)C2)[C@@H]1c1ccc(O)cc1. The van der Waals surface area contributed by atoms with Gasteiger partial charge in [0, 0.05) is 29.3 Å². The zero-order chi connectivity index (χ0) is 19.8. The molecular formula is C22H27NO4. The van der Waals surface area contributed by atoms with Crippen molar-refractivity contribution in [3.63, 3.8) is 0 Å². The number of rotatable bonds is 4. The summed E-state index contributed by atoms with van der Waals surface area (Å²) in [7, 11) is 0. The van der Waals surface area contributed by atoms with E-state index in [0.29, 0.717) is 24.2 Å². The number of hydrogen-bond donors (Lipinski definition) is 2. The summed E-state index contributed by atoms with van der Waals surface area (Å²) in [4.78, 5) is 25.9. The van der Waals surface area contributed by atoms with E-state index < -0.39 is 11.9 Å². The molecule has 2 aliphatic rings. The number of ether oxygens (including phenoxy) is 1. The lowest BCUT2D eigenvalue weighted by Crippen LogP contribution is -2.38. The van der Waals surface area contributed by atoms with Gasteiger partial charge in [0.05, 0.1) is 12.2 Å². The van der Waals surface area contributed by atoms with Gasteiger partial charge in [0.2, 0.25) is 0 Å². The molecule has 3 rings (SSSR count). The molecule has 0 saturated heterocycles. The second-order valence-corrected chi connectivity index (χ2v) is 8.16. The predicted molar refractivity (Wildman–Crippen MR) is 103 cm³/mol. The van der Waals surface area contributed by atoms with Crippen molar-refractivity contribution in [2.24, 2.45) is 5.41 Å². The van der Waals surface area contributed by atoms with Gasteiger partial charge in [0.25, 0.3) is 0 Å². The highest BCUT2D eigenvalue weighted by Gasteiger charge is 2.43. The Morgan fingerprint density at radius 1 is 1.26 bits per heavy atom. The third-order valence-electron chi connectivity index (χ3n) is 5.12. The number of nitrogens with one attached hydrogen (secondary N) is 1. The molecule has 1 aliphatic heterocycles. The van der Waals surface area contributed by atoms with Crippen molar-refractivity contribution in [1.82, 2.24) is 5.32 Å². The van der Waals surface area contributed by atoms with Crippen molar-refractivity contribution < 1.29 is 19.4 Å². The molecule has 27 heavy (non-hydrogen) atoms. The van der Waals surface area contributed by atoms with E-state index in [2.05, 4.69) is 19.2 Å². The van der Waals surface area contributed by atoms with Crippen LogP contribution < -0.4 is 5.32 Å². The zero-order valence-corrected chi connectivity index (χ0v) is 16.4. The first-order chi connectivity index (χ1) is 12.7. The van der Waals surface area contributed by atoms with Crippen LogP contribution >= 0.6 is 0 Å². The standard InChI is InChI=1S/C22H27NO4/c1-5-10-27-21(26)18-13(2)23-16-11-22(3,4)12-17(25)20(16)19(18)14-6-8-15(24)9-7-14/h6-9,19,23-24H,5,10-12H2,1-4H3/t19-/m1/s1. The first-order valence-electron chi connectivity index (χ1n) is 9.43. The molecular weight excluding hydrogens is 342 g/mol. The first kappa shape index (κ1) is 19.2. The van der Waals surface area contributed by atoms with Crippen LogP contribution in [-0.4, -0.2) is 23.5 Å². The lowest BCUT2D eigenvalue weighted by molar-refractivity contribution is -0.139. The van der Waals surface area contributed by atoms with Gasteiger partial charge in [-0.15, -0.1) is 0 Å². The van der Waals surface area contributed by atoms with Crippen LogP contribution in [0.3, 0.4) is 0 Å². The number of esters is 1. The van der Waals surface area contributed by atoms with Gasteiger partial charge >= 0.3 is 5.97 Å². The lowest BCUT2D eigenvalue weighted by atomic mass is 9.68. The molecule has 5 nitrogen and oxygen atoms in total. The Balaban J connectivity index is 2.12. The smallest absolute Gasteiger partial charge is 0.336 e. The summed E-state index contributed by atoms with van der Waals surface area (Å²) >= 11 is 0. The van der Waals surface area contributed by atoms with Crippen LogP contribution in [0, 0.1) is 5.41 Å². The molecule has 2 N–H and O–H groups in total. The monoisotopic (exact) mass is 369 g/mol. The van der Waals surface area contributed by atoms with Gasteiger partial charge < -0.3 is 15.2 Å². The van der Waals surface area contributed by atoms with E-state index in [4.69, 9.17) is 4.74 Å². The minimum Gasteiger partial charge on any atom is -0.508 e. The molecule has 1 aromatic carbocycles. The fraction of sp³-hybridized carbons (Fsp3) is 0.455. The summed E-state index contributed by atoms with van der Waals surface area (Å²) in [6, 6.07) is 6.70. The molecule has 0 aromatic heterocycles. The van der Waals surface area contributed by atoms with E-state index in [1.165, 1.54) is 0 Å². The van der Waals surface area contributed by atoms with E-state index in [0.717, 1.165) is 29.8 Å². The molecule has 0 radical (unpaired) electrons. The number of carbonyl (C=O) groups is 2. The number of benzene rings is 1. The molecule has 0 spiro atoms. The second kappa shape index (κ2) is 7.22. The Bertz CT molecular complexity index is 830. The number of aromatic hydroxyl groups is 1. The third-order valence-corrected chi connectivity index (χ3v) is 5.12. The maximum absolute atomic E-state index is 13.1. The molecule has 0 saturated carbocycles. The Kier molecular flexibility index (Phi) is 5.13. The fourth-order valence-electron chi connectivity index (χ4n) is 3.98. The minimum absolute atomic E-state index is 0.0557. The van der Waals surface area contributed by atoms with Crippen molar-refractivity contribution in [3.05, 3.63) is 52.4 Å². The topological polar surface area (TPSA) is 75.6 Å². The zero-order valence-electron chi connectivity index (χ0n) is 16.4. The summed E-state index contributed by atoms with van der Waals surface area (Å²) in [5.41, 5.74) is 3.41. The highest BCUT2D eigenvalue weighted by molar-refractivity contribution is 6.04. The summed E-state index contributed by atoms with van der Waals surface area (Å²) in [6.45, 7) is 8.29. The number of phenolic OH excluding ortho intramolecular Hbond substituents is 1. The third kappa shape index (κ3) is 3.77. The van der Waals surface area contributed by atoms with Crippen LogP contribution in [-0.2, 0) is 14.3 Å². The summed E-state index contributed by atoms with van der Waals surface area (Å²) < 4.78 is 5.41. The van der Waals surface area contributed by atoms with Gasteiger partial charge in [0.1, 0.15) is 5.75 Å². The average Bonchev–Trinajstić information content (AvgIpc) is 2.58. The fourth-order valence-corrected chi connectivity index (χ4v) is 3.98. The Labute approximate surface area is 160 Å². The molecule has 0 bridgehead atoms. The van der Waals surface area contributed by atoms with E-state index in [1.807, 2.05) is 13.8 Å². The molecule has 0 fully saturated rings. The minimum atomic E-state index is -0.477. The molecule has 1 aliphatic carbocycles. The van der Waals surface area contributed by atoms with Crippen LogP contribution in [0.15, 0.2) is 46.8 Å². The van der Waals surface area contributed by atoms with E-state index >= 15 is 0 Å². The molecule has 1 atom stereocenters. The normalized spacial score (nSPS) is 21.6. The van der Waals surface area contributed by atoms with E-state index in [9.17, 15) is 14.7 Å². The molecule has 144 valence electrons. The van der Waals surface area contributed by atoms with Crippen molar-refractivity contribution in [2.45, 2.75) is 52.9 Å². The number of carbonyl (C=O) groups excluding carboxylic acids is 2. The lowest BCUT2D eigenvalue weighted by Gasteiger charge is -2.39. The first-order valence-corrected chi connectivity index (χ1v) is 9.43. The van der Waals surface area contributed by atoms with Crippen LogP contribution in [0.5, 0.6) is 5.75 Å². The summed E-state index contributed by atoms with van der Waals surface area (Å²) in [5, 5.41) is 13.0. The van der Waals surface area contributed by atoms with Crippen LogP contribution in [0.4, 0.5) is 0 Å². The van der Waals surface area contributed by atoms with Gasteiger partial charge in [-0.1, -0.05) is 32.9 Å². The second-order valence-electron chi connectivity index (χ2n) is 8.16. The Morgan fingerprint density at radius 3 is 2.56 bits per heavy atom. The highest BCUT2D eigenvalue weighted by Crippen LogP contribution is 2.46. The molecule has 5 heteroatoms. The Morgan fingerprint density at radius 2 is 1.93 bits per heavy atom. The number of dihydropyridines is 1. The number of ketones is 1. The van der Waals surface area contributed by atoms with E-state index in [1.54, 1.807) is 24.3 Å². The van der Waals surface area contributed by atoms with E-state index in [-0.39, 0.29) is 16.9 Å². The number of allylic oxidation sites excluding steroid dienone is 3. The van der Waals surface area contributed by atoms with Gasteiger partial charge in [-0.05, 0) is 42.9 Å². The maximum atomic E-state index is 13.1. The van der Waals surface area contributed by atoms with Crippen LogP contribution in [0.1, 0.15) is 58.4 Å². The molecule has 0 unspecified atom stereocenters. The average molecular weight is 369 g/mol. The molecule has 0 amide bonds. The number of hydrogen-bond acceptors (Lipinski definition) is 5. The predicted octanol–water partition coefficient (Wildman–Crippen LogP) is 3.95. The quantitative estimate of drug-likeness (QED) is 0.786. The summed E-state index contributed by atoms with van der Waals surface area (Å²) in [6.07, 6.45) is 1.92. The number of phenols is 1. The van der Waals surface area contributed by atoms with Crippen molar-refractivity contribution in [1.29, 1.82) is 0 Å². The van der Waals surface area contributed by atoms with Gasteiger partial charge in [-0.2, -0.15) is 0 Å². The van der Waals surface area contributed by atoms with Gasteiger partial charge in [-0.3, -0.25) is 4.79 Å². The van der Waals surface area contributed by atoms with Crippen LogP contribution in [0.25, 0.3) is 0 Å². The molecule has 1 aromatic rings. The Hall–Kier alpha value is -2.56. The largest absolute Gasteiger partial charge is 0.508 e. The molecule has 1 heterocycles.